The van der Waals surface area contributed by atoms with E-state index in [1.165, 1.54) is 25.3 Å². The molecule has 0 atom stereocenters. The van der Waals surface area contributed by atoms with Gasteiger partial charge in [-0.3, -0.25) is 4.98 Å². The maximum Gasteiger partial charge on any atom is 0.147 e. The largest absolute Gasteiger partial charge is 0.355 e. The number of piperidine rings is 1. The molecule has 4 rings (SSSR count). The van der Waals surface area contributed by atoms with E-state index in [0.29, 0.717) is 5.56 Å². The molecule has 0 bridgehead atoms. The summed E-state index contributed by atoms with van der Waals surface area (Å²) in [7, 11) is 0. The number of hydrogen-bond acceptors (Lipinski definition) is 3. The van der Waals surface area contributed by atoms with Crippen molar-refractivity contribution in [2.75, 3.05) is 18.0 Å². The number of halogens is 1. The molecule has 23 heavy (non-hydrogen) atoms. The summed E-state index contributed by atoms with van der Waals surface area (Å²) in [4.78, 5) is 11.6. The molecule has 3 nitrogen and oxygen atoms in total. The molecule has 116 valence electrons. The molecule has 0 aliphatic carbocycles. The number of aromatic nitrogens is 2. The summed E-state index contributed by atoms with van der Waals surface area (Å²) in [6.07, 6.45) is 5.54. The van der Waals surface area contributed by atoms with Gasteiger partial charge in [-0.2, -0.15) is 0 Å². The Labute approximate surface area is 134 Å². The lowest BCUT2D eigenvalue weighted by Gasteiger charge is -2.27. The van der Waals surface area contributed by atoms with E-state index >= 15 is 0 Å². The average molecular weight is 307 g/mol. The zero-order chi connectivity index (χ0) is 15.6. The molecule has 0 radical (unpaired) electrons. The van der Waals surface area contributed by atoms with Crippen molar-refractivity contribution < 1.29 is 4.39 Å². The summed E-state index contributed by atoms with van der Waals surface area (Å²) in [6, 6.07) is 12.6. The quantitative estimate of drug-likeness (QED) is 0.701. The molecule has 1 aliphatic heterocycles. The van der Waals surface area contributed by atoms with E-state index in [1.54, 1.807) is 12.1 Å². The predicted molar refractivity (Wildman–Crippen MR) is 91.0 cm³/mol. The van der Waals surface area contributed by atoms with E-state index in [0.717, 1.165) is 35.5 Å². The standard InChI is InChI=1S/C19H18FN3/c20-16-7-3-2-6-15(16)14-8-9-17-18(12-14)22-19(13-21-17)23-10-4-1-5-11-23/h2-3,6-9,12-13H,1,4-5,10-11H2. The smallest absolute Gasteiger partial charge is 0.147 e. The number of nitrogens with zero attached hydrogens (tertiary/aromatic N) is 3. The molecule has 0 saturated carbocycles. The Bertz CT molecular complexity index is 841. The highest BCUT2D eigenvalue weighted by Gasteiger charge is 2.13. The van der Waals surface area contributed by atoms with Crippen molar-refractivity contribution in [3.8, 4) is 11.1 Å². The highest BCUT2D eigenvalue weighted by Crippen LogP contribution is 2.26. The Morgan fingerprint density at radius 1 is 0.913 bits per heavy atom. The zero-order valence-electron chi connectivity index (χ0n) is 12.9. The van der Waals surface area contributed by atoms with Gasteiger partial charge in [-0.15, -0.1) is 0 Å². The molecular weight excluding hydrogens is 289 g/mol. The minimum atomic E-state index is -0.216. The molecule has 0 N–H and O–H groups in total. The molecule has 1 fully saturated rings. The molecule has 3 aromatic rings. The molecule has 2 heterocycles. The van der Waals surface area contributed by atoms with Gasteiger partial charge in [0, 0.05) is 18.7 Å². The third kappa shape index (κ3) is 2.77. The van der Waals surface area contributed by atoms with E-state index in [1.807, 2.05) is 30.5 Å². The summed E-state index contributed by atoms with van der Waals surface area (Å²) in [5.74, 6) is 0.704. The first-order chi connectivity index (χ1) is 11.3. The van der Waals surface area contributed by atoms with Gasteiger partial charge in [-0.1, -0.05) is 24.3 Å². The number of anilines is 1. The fourth-order valence-corrected chi connectivity index (χ4v) is 3.14. The molecule has 0 amide bonds. The van der Waals surface area contributed by atoms with Crippen molar-refractivity contribution in [2.24, 2.45) is 0 Å². The van der Waals surface area contributed by atoms with Crippen molar-refractivity contribution >= 4 is 16.9 Å². The zero-order valence-corrected chi connectivity index (χ0v) is 12.9. The van der Waals surface area contributed by atoms with Crippen molar-refractivity contribution in [3.63, 3.8) is 0 Å². The van der Waals surface area contributed by atoms with Crippen LogP contribution in [0.4, 0.5) is 10.2 Å². The van der Waals surface area contributed by atoms with E-state index in [-0.39, 0.29) is 5.82 Å². The fourth-order valence-electron chi connectivity index (χ4n) is 3.14. The molecule has 1 saturated heterocycles. The van der Waals surface area contributed by atoms with E-state index in [2.05, 4.69) is 9.88 Å². The Hall–Kier alpha value is -2.49. The topological polar surface area (TPSA) is 29.0 Å². The first-order valence-corrected chi connectivity index (χ1v) is 8.08. The summed E-state index contributed by atoms with van der Waals surface area (Å²) < 4.78 is 14.0. The van der Waals surface area contributed by atoms with Gasteiger partial charge in [0.1, 0.15) is 11.6 Å². The van der Waals surface area contributed by atoms with Gasteiger partial charge >= 0.3 is 0 Å². The first-order valence-electron chi connectivity index (χ1n) is 8.08. The Morgan fingerprint density at radius 2 is 1.74 bits per heavy atom. The Kier molecular flexibility index (Phi) is 3.66. The monoisotopic (exact) mass is 307 g/mol. The van der Waals surface area contributed by atoms with Crippen LogP contribution in [0.1, 0.15) is 19.3 Å². The number of rotatable bonds is 2. The second kappa shape index (κ2) is 5.95. The van der Waals surface area contributed by atoms with Gasteiger partial charge in [-0.05, 0) is 43.0 Å². The number of fused-ring (bicyclic) bond motifs is 1. The van der Waals surface area contributed by atoms with E-state index in [9.17, 15) is 4.39 Å². The van der Waals surface area contributed by atoms with Crippen LogP contribution in [0.2, 0.25) is 0 Å². The molecule has 2 aromatic carbocycles. The van der Waals surface area contributed by atoms with Crippen molar-refractivity contribution in [3.05, 3.63) is 54.5 Å². The van der Waals surface area contributed by atoms with Crippen LogP contribution in [0.5, 0.6) is 0 Å². The minimum Gasteiger partial charge on any atom is -0.355 e. The van der Waals surface area contributed by atoms with Crippen LogP contribution >= 0.6 is 0 Å². The van der Waals surface area contributed by atoms with Gasteiger partial charge in [0.25, 0.3) is 0 Å². The van der Waals surface area contributed by atoms with Crippen molar-refractivity contribution in [1.29, 1.82) is 0 Å². The maximum atomic E-state index is 14.0. The van der Waals surface area contributed by atoms with Crippen LogP contribution in [0, 0.1) is 5.82 Å². The Morgan fingerprint density at radius 3 is 2.57 bits per heavy atom. The van der Waals surface area contributed by atoms with Crippen LogP contribution in [0.3, 0.4) is 0 Å². The number of benzene rings is 2. The molecule has 1 aliphatic rings. The molecule has 4 heteroatoms. The lowest BCUT2D eigenvalue weighted by Crippen LogP contribution is -2.30. The summed E-state index contributed by atoms with van der Waals surface area (Å²) in [5.41, 5.74) is 3.08. The van der Waals surface area contributed by atoms with Crippen molar-refractivity contribution in [2.45, 2.75) is 19.3 Å². The second-order valence-corrected chi connectivity index (χ2v) is 5.96. The molecule has 0 spiro atoms. The SMILES string of the molecule is Fc1ccccc1-c1ccc2ncc(N3CCCCC3)nc2c1. The molecule has 0 unspecified atom stereocenters. The van der Waals surface area contributed by atoms with Gasteiger partial charge in [-0.25, -0.2) is 9.37 Å². The van der Waals surface area contributed by atoms with Crippen LogP contribution in [-0.4, -0.2) is 23.1 Å². The van der Waals surface area contributed by atoms with Crippen LogP contribution in [0.25, 0.3) is 22.2 Å². The Balaban J connectivity index is 1.76. The van der Waals surface area contributed by atoms with Crippen LogP contribution < -0.4 is 4.90 Å². The third-order valence-electron chi connectivity index (χ3n) is 4.39. The van der Waals surface area contributed by atoms with E-state index in [4.69, 9.17) is 4.98 Å². The van der Waals surface area contributed by atoms with Gasteiger partial charge in [0.15, 0.2) is 0 Å². The summed E-state index contributed by atoms with van der Waals surface area (Å²) in [5, 5.41) is 0. The maximum absolute atomic E-state index is 14.0. The highest BCUT2D eigenvalue weighted by molar-refractivity contribution is 5.82. The predicted octanol–water partition coefficient (Wildman–Crippen LogP) is 4.43. The van der Waals surface area contributed by atoms with Crippen molar-refractivity contribution in [1.82, 2.24) is 9.97 Å². The lowest BCUT2D eigenvalue weighted by atomic mass is 10.0. The first kappa shape index (κ1) is 14.1. The van der Waals surface area contributed by atoms with Crippen LogP contribution in [0.15, 0.2) is 48.7 Å². The fraction of sp³-hybridized carbons (Fsp3) is 0.263. The van der Waals surface area contributed by atoms with E-state index < -0.39 is 0 Å². The third-order valence-corrected chi connectivity index (χ3v) is 4.39. The molecular formula is C19H18FN3. The molecule has 1 aromatic heterocycles. The van der Waals surface area contributed by atoms with Gasteiger partial charge < -0.3 is 4.90 Å². The highest BCUT2D eigenvalue weighted by atomic mass is 19.1. The van der Waals surface area contributed by atoms with Gasteiger partial charge in [0.05, 0.1) is 17.2 Å². The normalized spacial score (nSPS) is 15.1. The van der Waals surface area contributed by atoms with Crippen LogP contribution in [-0.2, 0) is 0 Å². The number of hydrogen-bond donors (Lipinski definition) is 0. The summed E-state index contributed by atoms with van der Waals surface area (Å²) in [6.45, 7) is 2.07. The second-order valence-electron chi connectivity index (χ2n) is 5.96. The van der Waals surface area contributed by atoms with Gasteiger partial charge in [0.2, 0.25) is 0 Å². The summed E-state index contributed by atoms with van der Waals surface area (Å²) >= 11 is 0. The average Bonchev–Trinajstić information content (AvgIpc) is 2.62. The lowest BCUT2D eigenvalue weighted by molar-refractivity contribution is 0.573. The minimum absolute atomic E-state index is 0.216.